The second-order valence-corrected chi connectivity index (χ2v) is 9.05. The Morgan fingerprint density at radius 1 is 0.737 bits per heavy atom. The molecular formula is C32H32N2O4. The van der Waals surface area contributed by atoms with Crippen molar-refractivity contribution in [1.82, 2.24) is 10.6 Å². The van der Waals surface area contributed by atoms with E-state index in [0.29, 0.717) is 0 Å². The van der Waals surface area contributed by atoms with Crippen LogP contribution in [-0.2, 0) is 26.5 Å². The first kappa shape index (κ1) is 26.8. The van der Waals surface area contributed by atoms with Crippen molar-refractivity contribution in [2.24, 2.45) is 0 Å². The highest BCUT2D eigenvalue weighted by Gasteiger charge is 2.40. The van der Waals surface area contributed by atoms with E-state index in [1.54, 1.807) is 6.92 Å². The Morgan fingerprint density at radius 2 is 1.16 bits per heavy atom. The molecule has 2 atom stereocenters. The summed E-state index contributed by atoms with van der Waals surface area (Å²) >= 11 is 0. The molecule has 0 radical (unpaired) electrons. The van der Waals surface area contributed by atoms with Crippen molar-refractivity contribution in [3.63, 3.8) is 0 Å². The third-order valence-corrected chi connectivity index (χ3v) is 6.45. The monoisotopic (exact) mass is 508 g/mol. The zero-order chi connectivity index (χ0) is 26.8. The maximum Gasteiger partial charge on any atom is 0.328 e. The number of carbonyl (C=O) groups is 2. The van der Waals surface area contributed by atoms with Gasteiger partial charge in [0.2, 0.25) is 5.91 Å². The number of rotatable bonds is 11. The van der Waals surface area contributed by atoms with E-state index in [-0.39, 0.29) is 6.61 Å². The minimum Gasteiger partial charge on any atom is -0.459 e. The number of esters is 1. The second kappa shape index (κ2) is 12.8. The van der Waals surface area contributed by atoms with Crippen molar-refractivity contribution in [2.45, 2.75) is 31.2 Å². The molecule has 6 heteroatoms. The van der Waals surface area contributed by atoms with E-state index in [1.807, 2.05) is 121 Å². The Labute approximate surface area is 223 Å². The SMILES string of the molecule is C[C@H](NC(=O)[C@H](CO)NC(c1ccccc1)(c1ccccc1)c1ccccc1)C(=O)OCc1ccccc1. The van der Waals surface area contributed by atoms with Gasteiger partial charge in [0.05, 0.1) is 12.1 Å². The molecule has 0 saturated carbocycles. The second-order valence-electron chi connectivity index (χ2n) is 9.05. The van der Waals surface area contributed by atoms with E-state index in [1.165, 1.54) is 0 Å². The number of nitrogens with one attached hydrogen (secondary N) is 2. The lowest BCUT2D eigenvalue weighted by atomic mass is 9.76. The Morgan fingerprint density at radius 3 is 1.58 bits per heavy atom. The molecule has 0 heterocycles. The fraction of sp³-hybridized carbons (Fsp3) is 0.188. The molecule has 0 saturated heterocycles. The lowest BCUT2D eigenvalue weighted by Gasteiger charge is -2.39. The van der Waals surface area contributed by atoms with Gasteiger partial charge in [0.25, 0.3) is 0 Å². The summed E-state index contributed by atoms with van der Waals surface area (Å²) in [7, 11) is 0. The van der Waals surface area contributed by atoms with Gasteiger partial charge >= 0.3 is 5.97 Å². The number of hydrogen-bond acceptors (Lipinski definition) is 5. The van der Waals surface area contributed by atoms with E-state index in [0.717, 1.165) is 22.3 Å². The Hall–Kier alpha value is -4.26. The van der Waals surface area contributed by atoms with Gasteiger partial charge < -0.3 is 15.2 Å². The van der Waals surface area contributed by atoms with Crippen molar-refractivity contribution in [3.05, 3.63) is 144 Å². The highest BCUT2D eigenvalue weighted by molar-refractivity contribution is 5.87. The molecule has 0 unspecified atom stereocenters. The largest absolute Gasteiger partial charge is 0.459 e. The zero-order valence-corrected chi connectivity index (χ0v) is 21.3. The average Bonchev–Trinajstić information content (AvgIpc) is 2.98. The van der Waals surface area contributed by atoms with Crippen molar-refractivity contribution < 1.29 is 19.4 Å². The van der Waals surface area contributed by atoms with Crippen LogP contribution in [0.4, 0.5) is 0 Å². The molecule has 6 nitrogen and oxygen atoms in total. The van der Waals surface area contributed by atoms with E-state index >= 15 is 0 Å². The molecule has 0 aromatic heterocycles. The molecule has 0 fully saturated rings. The van der Waals surface area contributed by atoms with Crippen LogP contribution in [0.25, 0.3) is 0 Å². The molecule has 0 aliphatic heterocycles. The fourth-order valence-corrected chi connectivity index (χ4v) is 4.50. The Bertz CT molecular complexity index is 1200. The maximum atomic E-state index is 13.4. The molecule has 0 aliphatic rings. The lowest BCUT2D eigenvalue weighted by Crippen LogP contribution is -2.58. The van der Waals surface area contributed by atoms with Gasteiger partial charge in [-0.3, -0.25) is 10.1 Å². The summed E-state index contributed by atoms with van der Waals surface area (Å²) in [5.41, 5.74) is 2.61. The van der Waals surface area contributed by atoms with Crippen LogP contribution in [0.3, 0.4) is 0 Å². The van der Waals surface area contributed by atoms with Gasteiger partial charge in [-0.15, -0.1) is 0 Å². The third-order valence-electron chi connectivity index (χ3n) is 6.45. The van der Waals surface area contributed by atoms with Crippen LogP contribution in [0.1, 0.15) is 29.2 Å². The van der Waals surface area contributed by atoms with Crippen molar-refractivity contribution in [1.29, 1.82) is 0 Å². The topological polar surface area (TPSA) is 87.7 Å². The summed E-state index contributed by atoms with van der Waals surface area (Å²) < 4.78 is 5.38. The number of amides is 1. The third kappa shape index (κ3) is 6.17. The van der Waals surface area contributed by atoms with Crippen LogP contribution in [0.2, 0.25) is 0 Å². The molecule has 38 heavy (non-hydrogen) atoms. The van der Waals surface area contributed by atoms with Gasteiger partial charge in [0.15, 0.2) is 0 Å². The molecule has 4 rings (SSSR count). The van der Waals surface area contributed by atoms with E-state index in [9.17, 15) is 14.7 Å². The number of hydrogen-bond donors (Lipinski definition) is 3. The van der Waals surface area contributed by atoms with Crippen LogP contribution >= 0.6 is 0 Å². The summed E-state index contributed by atoms with van der Waals surface area (Å²) in [4.78, 5) is 26.0. The van der Waals surface area contributed by atoms with Gasteiger partial charge in [-0.05, 0) is 29.2 Å². The summed E-state index contributed by atoms with van der Waals surface area (Å²) in [6, 6.07) is 36.8. The zero-order valence-electron chi connectivity index (χ0n) is 21.3. The minimum atomic E-state index is -1.03. The van der Waals surface area contributed by atoms with Crippen molar-refractivity contribution in [2.75, 3.05) is 6.61 Å². The van der Waals surface area contributed by atoms with Crippen LogP contribution in [0.5, 0.6) is 0 Å². The Kier molecular flexibility index (Phi) is 9.03. The van der Waals surface area contributed by atoms with Crippen LogP contribution < -0.4 is 10.6 Å². The van der Waals surface area contributed by atoms with E-state index < -0.39 is 36.1 Å². The standard InChI is InChI=1S/C32H32N2O4/c1-24(31(37)38-23-25-14-6-2-7-15-25)33-30(36)29(22-35)34-32(26-16-8-3-9-17-26,27-18-10-4-11-19-27)28-20-12-5-13-21-28/h2-21,24,29,34-35H,22-23H2,1H3,(H,33,36)/t24-,29-/m0/s1. The number of carbonyl (C=O) groups excluding carboxylic acids is 2. The highest BCUT2D eigenvalue weighted by atomic mass is 16.5. The summed E-state index contributed by atoms with van der Waals surface area (Å²) in [5, 5.41) is 16.5. The van der Waals surface area contributed by atoms with Gasteiger partial charge in [-0.1, -0.05) is 121 Å². The summed E-state index contributed by atoms with van der Waals surface area (Å²) in [6.45, 7) is 1.20. The first-order chi connectivity index (χ1) is 18.5. The van der Waals surface area contributed by atoms with Crippen molar-refractivity contribution >= 4 is 11.9 Å². The lowest BCUT2D eigenvalue weighted by molar-refractivity contribution is -0.149. The molecular weight excluding hydrogens is 476 g/mol. The molecule has 0 bridgehead atoms. The number of aliphatic hydroxyl groups excluding tert-OH is 1. The maximum absolute atomic E-state index is 13.4. The summed E-state index contributed by atoms with van der Waals surface area (Å²) in [5.74, 6) is -1.07. The van der Waals surface area contributed by atoms with Gasteiger partial charge in [-0.2, -0.15) is 0 Å². The molecule has 0 aliphatic carbocycles. The molecule has 3 N–H and O–H groups in total. The van der Waals surface area contributed by atoms with Crippen molar-refractivity contribution in [3.8, 4) is 0 Å². The predicted octanol–water partition coefficient (Wildman–Crippen LogP) is 4.18. The van der Waals surface area contributed by atoms with Crippen LogP contribution in [0.15, 0.2) is 121 Å². The number of aliphatic hydroxyl groups is 1. The van der Waals surface area contributed by atoms with Gasteiger partial charge in [0.1, 0.15) is 18.7 Å². The quantitative estimate of drug-likeness (QED) is 0.209. The molecule has 1 amide bonds. The minimum absolute atomic E-state index is 0.112. The van der Waals surface area contributed by atoms with Crippen LogP contribution in [-0.4, -0.2) is 35.7 Å². The average molecular weight is 509 g/mol. The molecule has 4 aromatic rings. The smallest absolute Gasteiger partial charge is 0.328 e. The number of benzene rings is 4. The van der Waals surface area contributed by atoms with Gasteiger partial charge in [0, 0.05) is 0 Å². The summed E-state index contributed by atoms with van der Waals surface area (Å²) in [6.07, 6.45) is 0. The first-order valence-electron chi connectivity index (χ1n) is 12.6. The normalized spacial score (nSPS) is 12.8. The molecule has 0 spiro atoms. The number of ether oxygens (including phenoxy) is 1. The molecule has 4 aromatic carbocycles. The highest BCUT2D eigenvalue weighted by Crippen LogP contribution is 2.37. The molecule has 194 valence electrons. The van der Waals surface area contributed by atoms with Gasteiger partial charge in [-0.25, -0.2) is 4.79 Å². The van der Waals surface area contributed by atoms with E-state index in [4.69, 9.17) is 4.74 Å². The van der Waals surface area contributed by atoms with Crippen LogP contribution in [0, 0.1) is 0 Å². The Balaban J connectivity index is 1.61. The fourth-order valence-electron chi connectivity index (χ4n) is 4.50. The van der Waals surface area contributed by atoms with E-state index in [2.05, 4.69) is 10.6 Å². The first-order valence-corrected chi connectivity index (χ1v) is 12.6. The predicted molar refractivity (Wildman–Crippen MR) is 147 cm³/mol.